The fourth-order valence-corrected chi connectivity index (χ4v) is 4.77. The molecule has 0 spiro atoms. The Morgan fingerprint density at radius 1 is 0.511 bits per heavy atom. The van der Waals surface area contributed by atoms with E-state index in [0.717, 1.165) is 37.8 Å². The van der Waals surface area contributed by atoms with Crippen LogP contribution < -0.4 is 24.0 Å². The van der Waals surface area contributed by atoms with Gasteiger partial charge in [0, 0.05) is 26.4 Å². The Morgan fingerprint density at radius 3 is 1.09 bits per heavy atom. The Kier molecular flexibility index (Phi) is 25.4. The number of halogens is 1. The molecule has 0 aliphatic carbocycles. The van der Waals surface area contributed by atoms with Crippen molar-refractivity contribution in [2.75, 3.05) is 26.4 Å². The van der Waals surface area contributed by atoms with Crippen molar-refractivity contribution in [2.24, 2.45) is 10.3 Å². The molecule has 244 valence electrons. The third-order valence-electron chi connectivity index (χ3n) is 7.30. The maximum absolute atomic E-state index is 4.94. The van der Waals surface area contributed by atoms with Crippen molar-refractivity contribution < 1.29 is 33.5 Å². The summed E-state index contributed by atoms with van der Waals surface area (Å²) in [5.41, 5.74) is 11.4. The number of ether oxygens (including phenoxy) is 2. The number of hydrogen-bond donors (Lipinski definition) is 0. The summed E-state index contributed by atoms with van der Waals surface area (Å²) in [5, 5.41) is 8.94. The van der Waals surface area contributed by atoms with Crippen LogP contribution in [0.5, 0.6) is 0 Å². The number of nitrogens with zero attached hydrogens (tertiary/aromatic N) is 3. The molecule has 7 heteroatoms. The van der Waals surface area contributed by atoms with E-state index >= 15 is 0 Å². The predicted octanol–water partition coefficient (Wildman–Crippen LogP) is 8.79. The van der Waals surface area contributed by atoms with Gasteiger partial charge in [0.25, 0.3) is 0 Å². The van der Waals surface area contributed by atoms with Gasteiger partial charge in [0.2, 0.25) is 0 Å². The van der Waals surface area contributed by atoms with Gasteiger partial charge in [-0.25, -0.2) is 0 Å². The van der Waals surface area contributed by atoms with Gasteiger partial charge in [0.15, 0.2) is 0 Å². The molecule has 0 aromatic heterocycles. The van der Waals surface area contributed by atoms with Gasteiger partial charge >= 0.3 is 37.7 Å². The molecule has 0 bridgehead atoms. The summed E-state index contributed by atoms with van der Waals surface area (Å²) in [7, 11) is 0. The molecule has 2 heterocycles. The molecule has 2 aliphatic rings. The first kappa shape index (κ1) is 44.0. The van der Waals surface area contributed by atoms with Crippen molar-refractivity contribution in [1.29, 1.82) is 0 Å². The van der Waals surface area contributed by atoms with Crippen LogP contribution in [-0.4, -0.2) is 64.2 Å². The molecule has 2 fully saturated rings. The van der Waals surface area contributed by atoms with E-state index in [1.54, 1.807) is 0 Å². The van der Waals surface area contributed by atoms with Crippen LogP contribution in [0.4, 0.5) is 11.4 Å². The largest absolute Gasteiger partial charge is 2.00 e. The predicted molar refractivity (Wildman–Crippen MR) is 189 cm³/mol. The quantitative estimate of drug-likeness (QED) is 0.105. The first-order valence-electron chi connectivity index (χ1n) is 16.3. The van der Waals surface area contributed by atoms with E-state index in [0.29, 0.717) is 23.7 Å². The average Bonchev–Trinajstić information content (AvgIpc) is 3.78. The zero-order chi connectivity index (χ0) is 31.5. The van der Waals surface area contributed by atoms with Crippen LogP contribution in [0.25, 0.3) is 5.43 Å². The van der Waals surface area contributed by atoms with Crippen LogP contribution in [0.2, 0.25) is 0 Å². The molecule has 5 rings (SSSR count). The minimum atomic E-state index is 0. The molecule has 0 N–H and O–H groups in total. The zero-order valence-electron chi connectivity index (χ0n) is 29.1. The van der Waals surface area contributed by atoms with Crippen molar-refractivity contribution in [1.82, 2.24) is 0 Å². The molecule has 3 aromatic carbocycles. The summed E-state index contributed by atoms with van der Waals surface area (Å²) in [6, 6.07) is 24.8. The molecule has 2 saturated heterocycles. The SMILES string of the molecule is C1CCOC1.C1CCOC1.CC(C)c1cccc(C(C)C)c1N=N[N-]c1c(C(C)C)cccc1C(C)C.[Ca+2].[I-].c1ccccc1. The molecule has 0 radical (unpaired) electrons. The van der Waals surface area contributed by atoms with Gasteiger partial charge in [-0.05, 0) is 83.0 Å². The number of hydrogen-bond acceptors (Lipinski definition) is 4. The Labute approximate surface area is 321 Å². The topological polar surface area (TPSA) is 57.3 Å². The second-order valence-corrected chi connectivity index (χ2v) is 12.3. The van der Waals surface area contributed by atoms with E-state index < -0.39 is 0 Å². The molecule has 45 heavy (non-hydrogen) atoms. The van der Waals surface area contributed by atoms with E-state index in [1.165, 1.54) is 47.9 Å². The van der Waals surface area contributed by atoms with Gasteiger partial charge < -0.3 is 44.0 Å². The van der Waals surface area contributed by atoms with Crippen molar-refractivity contribution in [3.8, 4) is 0 Å². The number of rotatable bonds is 7. The molecule has 3 aromatic rings. The van der Waals surface area contributed by atoms with Gasteiger partial charge in [-0.3, -0.25) is 5.22 Å². The van der Waals surface area contributed by atoms with Gasteiger partial charge in [0.1, 0.15) is 0 Å². The molecule has 0 atom stereocenters. The van der Waals surface area contributed by atoms with Crippen molar-refractivity contribution >= 4 is 49.1 Å². The Hall–Kier alpha value is -1.03. The molecule has 0 saturated carbocycles. The first-order valence-corrected chi connectivity index (χ1v) is 16.3. The molecular weight excluding hydrogens is 697 g/mol. The van der Waals surface area contributed by atoms with Crippen LogP contribution >= 0.6 is 0 Å². The fourth-order valence-electron chi connectivity index (χ4n) is 4.77. The third kappa shape index (κ3) is 17.1. The summed E-state index contributed by atoms with van der Waals surface area (Å²) in [5.74, 6) is 1.58. The van der Waals surface area contributed by atoms with Crippen LogP contribution in [-0.2, 0) is 9.47 Å². The molecule has 0 unspecified atom stereocenters. The van der Waals surface area contributed by atoms with E-state index in [4.69, 9.17) is 9.47 Å². The van der Waals surface area contributed by atoms with Crippen LogP contribution in [0.3, 0.4) is 0 Å². The second-order valence-electron chi connectivity index (χ2n) is 12.3. The van der Waals surface area contributed by atoms with Gasteiger partial charge in [-0.1, -0.05) is 128 Å². The Bertz CT molecular complexity index is 1070. The fraction of sp³-hybridized carbons (Fsp3) is 0.526. The Balaban J connectivity index is 0.000000862. The third-order valence-corrected chi connectivity index (χ3v) is 7.30. The molecular formula is C38H56CaIN3O2. The van der Waals surface area contributed by atoms with E-state index in [2.05, 4.69) is 108 Å². The second kappa shape index (κ2) is 26.0. The van der Waals surface area contributed by atoms with Gasteiger partial charge in [-0.2, -0.15) is 0 Å². The average molecular weight is 754 g/mol. The van der Waals surface area contributed by atoms with Crippen molar-refractivity contribution in [3.05, 3.63) is 100 Å². The summed E-state index contributed by atoms with van der Waals surface area (Å²) in [6.45, 7) is 21.6. The summed E-state index contributed by atoms with van der Waals surface area (Å²) in [6.07, 6.45) is 5.11. The first-order chi connectivity index (χ1) is 20.7. The van der Waals surface area contributed by atoms with Crippen LogP contribution in [0.15, 0.2) is 83.1 Å². The van der Waals surface area contributed by atoms with Gasteiger partial charge in [-0.15, -0.1) is 0 Å². The van der Waals surface area contributed by atoms with Crippen molar-refractivity contribution in [2.45, 2.75) is 105 Å². The smallest absolute Gasteiger partial charge is 1.00 e. The molecule has 5 nitrogen and oxygen atoms in total. The number of benzene rings is 3. The van der Waals surface area contributed by atoms with Crippen LogP contribution in [0, 0.1) is 0 Å². The summed E-state index contributed by atoms with van der Waals surface area (Å²) >= 11 is 0. The van der Waals surface area contributed by atoms with E-state index in [1.807, 2.05) is 36.4 Å². The Morgan fingerprint density at radius 2 is 0.822 bits per heavy atom. The molecule has 2 aliphatic heterocycles. The van der Waals surface area contributed by atoms with Crippen LogP contribution in [0.1, 0.15) is 127 Å². The standard InChI is InChI=1S/C24H34N3.C6H6.2C4H8O.Ca.HI/c1-15(2)19-11-9-12-20(16(3)4)23(19)25-27-26-24-21(17(5)6)13-10-14-22(24)18(7)8;1-2-4-6-5-3-1;2*1-2-4-5-3-1;;/h9-18H,1-8H3;1-6H;2*1-4H2;;1H/q-1;;;;+2;/p-1. The monoisotopic (exact) mass is 753 g/mol. The maximum atomic E-state index is 4.94. The normalized spacial score (nSPS) is 13.7. The minimum Gasteiger partial charge on any atom is -1.00 e. The maximum Gasteiger partial charge on any atom is 2.00 e. The minimum absolute atomic E-state index is 0. The molecule has 0 amide bonds. The van der Waals surface area contributed by atoms with Gasteiger partial charge in [0.05, 0.1) is 0 Å². The summed E-state index contributed by atoms with van der Waals surface area (Å²) in [4.78, 5) is 0. The zero-order valence-corrected chi connectivity index (χ0v) is 33.5. The van der Waals surface area contributed by atoms with E-state index in [9.17, 15) is 0 Å². The summed E-state index contributed by atoms with van der Waals surface area (Å²) < 4.78 is 9.89. The van der Waals surface area contributed by atoms with Crippen molar-refractivity contribution in [3.63, 3.8) is 0 Å². The van der Waals surface area contributed by atoms with E-state index in [-0.39, 0.29) is 61.7 Å².